The first-order valence-corrected chi connectivity index (χ1v) is 10.1. The first-order valence-electron chi connectivity index (χ1n) is 10.1. The third-order valence-electron chi connectivity index (χ3n) is 6.77. The number of likely N-dealkylation sites (tertiary alicyclic amines) is 1. The highest BCUT2D eigenvalue weighted by Gasteiger charge is 2.50. The second-order valence-corrected chi connectivity index (χ2v) is 8.26. The Morgan fingerprint density at radius 3 is 2.72 bits per heavy atom. The van der Waals surface area contributed by atoms with E-state index in [4.69, 9.17) is 0 Å². The van der Waals surface area contributed by atoms with Crippen molar-refractivity contribution in [2.45, 2.75) is 83.2 Å². The zero-order chi connectivity index (χ0) is 17.3. The van der Waals surface area contributed by atoms with Crippen molar-refractivity contribution in [3.63, 3.8) is 0 Å². The lowest BCUT2D eigenvalue weighted by Gasteiger charge is -2.37. The highest BCUT2D eigenvalue weighted by Crippen LogP contribution is 2.51. The summed E-state index contributed by atoms with van der Waals surface area (Å²) < 4.78 is 2.17. The molecular weight excluding hydrogens is 314 g/mol. The number of nitrogens with one attached hydrogen (secondary N) is 1. The van der Waals surface area contributed by atoms with Gasteiger partial charge in [-0.2, -0.15) is 0 Å². The van der Waals surface area contributed by atoms with Crippen LogP contribution in [0.3, 0.4) is 0 Å². The molecule has 3 aliphatic rings. The van der Waals surface area contributed by atoms with Gasteiger partial charge in [-0.3, -0.25) is 0 Å². The van der Waals surface area contributed by atoms with Crippen LogP contribution in [0.2, 0.25) is 0 Å². The molecule has 1 atom stereocenters. The minimum Gasteiger partial charge on any atom is -0.335 e. The summed E-state index contributed by atoms with van der Waals surface area (Å²) in [4.78, 5) is 14.9. The number of carbonyl (C=O) groups is 1. The van der Waals surface area contributed by atoms with Crippen LogP contribution in [0.15, 0.2) is 6.33 Å². The number of amides is 2. The Morgan fingerprint density at radius 2 is 2.00 bits per heavy atom. The first kappa shape index (κ1) is 16.9. The highest BCUT2D eigenvalue weighted by atomic mass is 16.2. The number of nitrogens with zero attached hydrogens (tertiary/aromatic N) is 4. The quantitative estimate of drug-likeness (QED) is 0.914. The summed E-state index contributed by atoms with van der Waals surface area (Å²) in [5.74, 6) is 1.41. The standard InChI is InChI=1S/C19H31N5O/c1-2-23-14-20-22-17(23)16-12-24(13-19(16)10-6-3-7-11-19)18(25)21-15-8-4-5-9-15/h14-16H,2-13H2,1H3,(H,21,25). The van der Waals surface area contributed by atoms with Gasteiger partial charge in [-0.05, 0) is 38.0 Å². The van der Waals surface area contributed by atoms with Crippen LogP contribution in [-0.2, 0) is 6.54 Å². The van der Waals surface area contributed by atoms with Crippen molar-refractivity contribution >= 4 is 6.03 Å². The van der Waals surface area contributed by atoms with Crippen molar-refractivity contribution in [2.24, 2.45) is 5.41 Å². The average molecular weight is 345 g/mol. The van der Waals surface area contributed by atoms with Crippen LogP contribution in [0.25, 0.3) is 0 Å². The van der Waals surface area contributed by atoms with Gasteiger partial charge in [0.1, 0.15) is 12.2 Å². The molecule has 138 valence electrons. The number of hydrogen-bond donors (Lipinski definition) is 1. The minimum atomic E-state index is 0.141. The molecule has 2 saturated carbocycles. The van der Waals surface area contributed by atoms with E-state index in [-0.39, 0.29) is 11.4 Å². The Morgan fingerprint density at radius 1 is 1.24 bits per heavy atom. The van der Waals surface area contributed by atoms with Gasteiger partial charge in [0.2, 0.25) is 0 Å². The number of hydrogen-bond acceptors (Lipinski definition) is 3. The van der Waals surface area contributed by atoms with Gasteiger partial charge in [0.05, 0.1) is 0 Å². The van der Waals surface area contributed by atoms with Crippen molar-refractivity contribution in [3.8, 4) is 0 Å². The van der Waals surface area contributed by atoms with Crippen LogP contribution < -0.4 is 5.32 Å². The van der Waals surface area contributed by atoms with Crippen LogP contribution in [-0.4, -0.2) is 44.8 Å². The van der Waals surface area contributed by atoms with Crippen LogP contribution in [0.5, 0.6) is 0 Å². The molecule has 2 aliphatic carbocycles. The number of aromatic nitrogens is 3. The van der Waals surface area contributed by atoms with Gasteiger partial charge in [0.25, 0.3) is 0 Å². The van der Waals surface area contributed by atoms with E-state index in [1.54, 1.807) is 0 Å². The zero-order valence-corrected chi connectivity index (χ0v) is 15.4. The Kier molecular flexibility index (Phi) is 4.69. The van der Waals surface area contributed by atoms with Gasteiger partial charge in [0, 0.05) is 31.6 Å². The molecule has 1 spiro atoms. The fourth-order valence-electron chi connectivity index (χ4n) is 5.36. The smallest absolute Gasteiger partial charge is 0.317 e. The molecule has 6 nitrogen and oxygen atoms in total. The molecule has 1 unspecified atom stereocenters. The molecule has 1 aliphatic heterocycles. The van der Waals surface area contributed by atoms with Crippen LogP contribution in [0.4, 0.5) is 4.79 Å². The Balaban J connectivity index is 1.55. The minimum absolute atomic E-state index is 0.141. The van der Waals surface area contributed by atoms with Crippen LogP contribution in [0, 0.1) is 5.41 Å². The van der Waals surface area contributed by atoms with Gasteiger partial charge < -0.3 is 14.8 Å². The van der Waals surface area contributed by atoms with Gasteiger partial charge in [-0.15, -0.1) is 10.2 Å². The molecule has 4 rings (SSSR count). The molecule has 1 aromatic rings. The lowest BCUT2D eigenvalue weighted by atomic mass is 9.67. The molecule has 2 amide bonds. The number of aryl methyl sites for hydroxylation is 1. The molecule has 2 heterocycles. The second-order valence-electron chi connectivity index (χ2n) is 8.26. The lowest BCUT2D eigenvalue weighted by molar-refractivity contribution is 0.162. The van der Waals surface area contributed by atoms with Gasteiger partial charge >= 0.3 is 6.03 Å². The van der Waals surface area contributed by atoms with Crippen molar-refractivity contribution in [1.29, 1.82) is 0 Å². The normalized spacial score (nSPS) is 26.4. The lowest BCUT2D eigenvalue weighted by Crippen LogP contribution is -2.44. The monoisotopic (exact) mass is 345 g/mol. The number of urea groups is 1. The molecule has 1 aromatic heterocycles. The summed E-state index contributed by atoms with van der Waals surface area (Å²) in [6, 6.07) is 0.523. The van der Waals surface area contributed by atoms with Crippen LogP contribution in [0.1, 0.15) is 76.5 Å². The topological polar surface area (TPSA) is 63.1 Å². The summed E-state index contributed by atoms with van der Waals surface area (Å²) in [6.45, 7) is 4.70. The van der Waals surface area contributed by atoms with Crippen molar-refractivity contribution in [1.82, 2.24) is 25.0 Å². The van der Waals surface area contributed by atoms with E-state index in [0.29, 0.717) is 12.0 Å². The predicted molar refractivity (Wildman–Crippen MR) is 96.3 cm³/mol. The fourth-order valence-corrected chi connectivity index (χ4v) is 5.36. The van der Waals surface area contributed by atoms with E-state index in [9.17, 15) is 4.79 Å². The van der Waals surface area contributed by atoms with Gasteiger partial charge in [0.15, 0.2) is 0 Å². The van der Waals surface area contributed by atoms with Crippen molar-refractivity contribution in [2.75, 3.05) is 13.1 Å². The van der Waals surface area contributed by atoms with E-state index >= 15 is 0 Å². The molecule has 0 aromatic carbocycles. The zero-order valence-electron chi connectivity index (χ0n) is 15.4. The molecule has 0 bridgehead atoms. The molecule has 1 saturated heterocycles. The molecule has 25 heavy (non-hydrogen) atoms. The summed E-state index contributed by atoms with van der Waals surface area (Å²) in [6.07, 6.45) is 12.9. The molecule has 0 radical (unpaired) electrons. The van der Waals surface area contributed by atoms with Gasteiger partial charge in [-0.1, -0.05) is 32.1 Å². The number of carbonyl (C=O) groups excluding carboxylic acids is 1. The molecule has 6 heteroatoms. The summed E-state index contributed by atoms with van der Waals surface area (Å²) >= 11 is 0. The summed E-state index contributed by atoms with van der Waals surface area (Å²) in [5, 5.41) is 11.9. The Bertz CT molecular complexity index is 601. The van der Waals surface area contributed by atoms with Crippen LogP contribution >= 0.6 is 0 Å². The number of rotatable bonds is 3. The first-order chi connectivity index (χ1) is 12.2. The maximum atomic E-state index is 12.9. The Hall–Kier alpha value is -1.59. The largest absolute Gasteiger partial charge is 0.335 e. The predicted octanol–water partition coefficient (Wildman–Crippen LogP) is 3.30. The maximum absolute atomic E-state index is 12.9. The Labute approximate surface area is 150 Å². The van der Waals surface area contributed by atoms with E-state index in [1.165, 1.54) is 44.9 Å². The maximum Gasteiger partial charge on any atom is 0.317 e. The van der Waals surface area contributed by atoms with Crippen molar-refractivity contribution < 1.29 is 4.79 Å². The van der Waals surface area contributed by atoms with E-state index < -0.39 is 0 Å². The highest BCUT2D eigenvalue weighted by molar-refractivity contribution is 5.75. The van der Waals surface area contributed by atoms with E-state index in [1.807, 2.05) is 6.33 Å². The van der Waals surface area contributed by atoms with Gasteiger partial charge in [-0.25, -0.2) is 4.79 Å². The third kappa shape index (κ3) is 3.15. The van der Waals surface area contributed by atoms with E-state index in [2.05, 4.69) is 31.9 Å². The van der Waals surface area contributed by atoms with E-state index in [0.717, 1.165) is 38.3 Å². The average Bonchev–Trinajstić information content (AvgIpc) is 3.35. The second kappa shape index (κ2) is 6.96. The molecule has 3 fully saturated rings. The molecule has 1 N–H and O–H groups in total. The molecular formula is C19H31N5O. The summed E-state index contributed by atoms with van der Waals surface area (Å²) in [5.41, 5.74) is 0.200. The SMILES string of the molecule is CCn1cnnc1C1CN(C(=O)NC2CCCC2)CC12CCCCC2. The van der Waals surface area contributed by atoms with Crippen molar-refractivity contribution in [3.05, 3.63) is 12.2 Å². The fraction of sp³-hybridized carbons (Fsp3) is 0.842. The third-order valence-corrected chi connectivity index (χ3v) is 6.77. The summed E-state index contributed by atoms with van der Waals surface area (Å²) in [7, 11) is 0.